The maximum Gasteiger partial charge on any atom is 0.305 e. The molecule has 0 aromatic rings. The molecule has 0 rings (SSSR count). The highest BCUT2D eigenvalue weighted by atomic mass is 16.5. The number of hydrogen-bond donors (Lipinski definition) is 0. The van der Waals surface area contributed by atoms with E-state index in [0.717, 1.165) is 12.8 Å². The fraction of sp³-hybridized carbons (Fsp3) is 0.571. The van der Waals surface area contributed by atoms with E-state index in [1.165, 1.54) is 26.4 Å². The highest BCUT2D eigenvalue weighted by molar-refractivity contribution is 5.69. The summed E-state index contributed by atoms with van der Waals surface area (Å²) in [6.45, 7) is 2.19. The second kappa shape index (κ2) is 17.8. The van der Waals surface area contributed by atoms with E-state index in [-0.39, 0.29) is 5.97 Å². The molecule has 0 aromatic carbocycles. The Balaban J connectivity index is 3.60. The predicted octanol–water partition coefficient (Wildman–Crippen LogP) is 4.09. The maximum atomic E-state index is 10.9. The highest BCUT2D eigenvalue weighted by Gasteiger charge is 1.96. The molecule has 0 saturated carbocycles. The fourth-order valence-electron chi connectivity index (χ4n) is 1.57. The quantitative estimate of drug-likeness (QED) is 0.419. The Bertz CT molecular complexity index is 556. The van der Waals surface area contributed by atoms with Gasteiger partial charge in [0.15, 0.2) is 0 Å². The molecule has 0 unspecified atom stereocenters. The van der Waals surface area contributed by atoms with Crippen molar-refractivity contribution in [2.75, 3.05) is 7.11 Å². The monoisotopic (exact) mass is 310 g/mol. The van der Waals surface area contributed by atoms with Gasteiger partial charge >= 0.3 is 5.97 Å². The molecule has 0 radical (unpaired) electrons. The van der Waals surface area contributed by atoms with Gasteiger partial charge in [0.1, 0.15) is 0 Å². The second-order valence-electron chi connectivity index (χ2n) is 4.83. The molecular formula is C21H26O2. The van der Waals surface area contributed by atoms with Gasteiger partial charge in [0, 0.05) is 19.3 Å². The third-order valence-electron chi connectivity index (χ3n) is 2.85. The number of rotatable bonds is 6. The van der Waals surface area contributed by atoms with Crippen molar-refractivity contribution in [1.29, 1.82) is 0 Å². The molecule has 122 valence electrons. The van der Waals surface area contributed by atoms with Crippen LogP contribution < -0.4 is 0 Å². The summed E-state index contributed by atoms with van der Waals surface area (Å²) in [5, 5.41) is 0. The Morgan fingerprint density at radius 2 is 1.22 bits per heavy atom. The van der Waals surface area contributed by atoms with Crippen molar-refractivity contribution in [1.82, 2.24) is 0 Å². The number of ether oxygens (including phenoxy) is 1. The minimum absolute atomic E-state index is 0.184. The summed E-state index contributed by atoms with van der Waals surface area (Å²) in [4.78, 5) is 10.9. The lowest BCUT2D eigenvalue weighted by atomic mass is 10.2. The zero-order valence-corrected chi connectivity index (χ0v) is 14.4. The van der Waals surface area contributed by atoms with Gasteiger partial charge in [-0.25, -0.2) is 0 Å². The predicted molar refractivity (Wildman–Crippen MR) is 95.0 cm³/mol. The Morgan fingerprint density at radius 3 is 1.70 bits per heavy atom. The molecule has 0 aliphatic heterocycles. The lowest BCUT2D eigenvalue weighted by Gasteiger charge is -1.93. The van der Waals surface area contributed by atoms with Crippen LogP contribution in [0.5, 0.6) is 0 Å². The molecule has 0 heterocycles. The van der Waals surface area contributed by atoms with Crippen molar-refractivity contribution in [3.63, 3.8) is 0 Å². The van der Waals surface area contributed by atoms with Gasteiger partial charge in [-0.05, 0) is 12.8 Å². The summed E-state index contributed by atoms with van der Waals surface area (Å²) in [7, 11) is 1.40. The minimum Gasteiger partial charge on any atom is -0.469 e. The number of hydrogen-bond acceptors (Lipinski definition) is 2. The fourth-order valence-corrected chi connectivity index (χ4v) is 1.57. The summed E-state index contributed by atoms with van der Waals surface area (Å²) in [6.07, 6.45) is 8.27. The number of unbranched alkanes of at least 4 members (excludes halogenated alkanes) is 4. The molecule has 0 aliphatic carbocycles. The van der Waals surface area contributed by atoms with Crippen LogP contribution in [0.15, 0.2) is 0 Å². The Kier molecular flexibility index (Phi) is 16.0. The lowest BCUT2D eigenvalue weighted by molar-refractivity contribution is -0.140. The van der Waals surface area contributed by atoms with Crippen LogP contribution in [-0.4, -0.2) is 13.1 Å². The zero-order chi connectivity index (χ0) is 17.0. The van der Waals surface area contributed by atoms with Crippen molar-refractivity contribution < 1.29 is 9.53 Å². The molecule has 0 aliphatic rings. The van der Waals surface area contributed by atoms with Gasteiger partial charge in [-0.3, -0.25) is 4.79 Å². The SMILES string of the molecule is CCCCCC#CCC#CCC#CCC#CCCCC(=O)OC. The van der Waals surface area contributed by atoms with Crippen LogP contribution in [0.25, 0.3) is 0 Å². The van der Waals surface area contributed by atoms with E-state index in [1.807, 2.05) is 0 Å². The van der Waals surface area contributed by atoms with Gasteiger partial charge in [0.25, 0.3) is 0 Å². The van der Waals surface area contributed by atoms with Crippen LogP contribution in [0.4, 0.5) is 0 Å². The minimum atomic E-state index is -0.184. The topological polar surface area (TPSA) is 26.3 Å². The molecule has 0 atom stereocenters. The van der Waals surface area contributed by atoms with Crippen molar-refractivity contribution in [2.24, 2.45) is 0 Å². The third-order valence-corrected chi connectivity index (χ3v) is 2.85. The zero-order valence-electron chi connectivity index (χ0n) is 14.4. The second-order valence-corrected chi connectivity index (χ2v) is 4.83. The van der Waals surface area contributed by atoms with Gasteiger partial charge in [-0.1, -0.05) is 55.3 Å². The van der Waals surface area contributed by atoms with Crippen LogP contribution >= 0.6 is 0 Å². The van der Waals surface area contributed by atoms with E-state index in [9.17, 15) is 4.79 Å². The maximum absolute atomic E-state index is 10.9. The molecule has 0 bridgehead atoms. The summed E-state index contributed by atoms with van der Waals surface area (Å²) in [6, 6.07) is 0. The largest absolute Gasteiger partial charge is 0.469 e. The number of methoxy groups -OCH3 is 1. The van der Waals surface area contributed by atoms with Crippen LogP contribution in [0, 0.1) is 47.4 Å². The molecule has 0 spiro atoms. The van der Waals surface area contributed by atoms with Gasteiger partial charge < -0.3 is 4.74 Å². The van der Waals surface area contributed by atoms with Gasteiger partial charge in [0.05, 0.1) is 26.4 Å². The molecule has 23 heavy (non-hydrogen) atoms. The molecule has 2 heteroatoms. The van der Waals surface area contributed by atoms with Gasteiger partial charge in [0.2, 0.25) is 0 Å². The summed E-state index contributed by atoms with van der Waals surface area (Å²) >= 11 is 0. The van der Waals surface area contributed by atoms with Gasteiger partial charge in [-0.15, -0.1) is 11.8 Å². The number of esters is 1. The Hall–Kier alpha value is -2.29. The molecule has 0 aromatic heterocycles. The van der Waals surface area contributed by atoms with Crippen LogP contribution in [0.3, 0.4) is 0 Å². The van der Waals surface area contributed by atoms with Crippen molar-refractivity contribution >= 4 is 5.97 Å². The molecule has 0 fully saturated rings. The first-order chi connectivity index (χ1) is 11.3. The first kappa shape index (κ1) is 20.7. The lowest BCUT2D eigenvalue weighted by Crippen LogP contribution is -1.98. The van der Waals surface area contributed by atoms with Crippen molar-refractivity contribution in [3.8, 4) is 47.4 Å². The molecule has 0 amide bonds. The van der Waals surface area contributed by atoms with Crippen LogP contribution in [-0.2, 0) is 9.53 Å². The highest BCUT2D eigenvalue weighted by Crippen LogP contribution is 1.96. The van der Waals surface area contributed by atoms with E-state index >= 15 is 0 Å². The number of carbonyl (C=O) groups is 1. The van der Waals surface area contributed by atoms with Crippen molar-refractivity contribution in [3.05, 3.63) is 0 Å². The summed E-state index contributed by atoms with van der Waals surface area (Å²) in [5.41, 5.74) is 0. The van der Waals surface area contributed by atoms with Crippen LogP contribution in [0.2, 0.25) is 0 Å². The summed E-state index contributed by atoms with van der Waals surface area (Å²) in [5.74, 6) is 23.9. The smallest absolute Gasteiger partial charge is 0.305 e. The molecule has 0 saturated heterocycles. The molecule has 0 N–H and O–H groups in total. The van der Waals surface area contributed by atoms with Gasteiger partial charge in [-0.2, -0.15) is 0 Å². The third kappa shape index (κ3) is 17.7. The average Bonchev–Trinajstić information content (AvgIpc) is 2.57. The van der Waals surface area contributed by atoms with Crippen molar-refractivity contribution in [2.45, 2.75) is 71.1 Å². The normalized spacial score (nSPS) is 8.09. The number of carbonyl (C=O) groups excluding carboxylic acids is 1. The average molecular weight is 310 g/mol. The first-order valence-corrected chi connectivity index (χ1v) is 8.21. The van der Waals surface area contributed by atoms with E-state index in [4.69, 9.17) is 0 Å². The molecule has 2 nitrogen and oxygen atoms in total. The van der Waals surface area contributed by atoms with E-state index < -0.39 is 0 Å². The first-order valence-electron chi connectivity index (χ1n) is 8.21. The van der Waals surface area contributed by atoms with E-state index in [0.29, 0.717) is 32.1 Å². The van der Waals surface area contributed by atoms with Crippen LogP contribution in [0.1, 0.15) is 71.1 Å². The summed E-state index contributed by atoms with van der Waals surface area (Å²) < 4.78 is 4.55. The molecular weight excluding hydrogens is 284 g/mol. The van der Waals surface area contributed by atoms with E-state index in [1.54, 1.807) is 0 Å². The van der Waals surface area contributed by atoms with E-state index in [2.05, 4.69) is 59.0 Å². The Labute approximate surface area is 141 Å². The standard InChI is InChI=1S/C21H26O2/c1-3-4-5-6-7-8-9-10-11-12-13-14-15-16-17-18-19-20-21(22)23-2/h3-6,9,12,15,18-20H2,1-2H3. The Morgan fingerprint density at radius 1 is 0.739 bits per heavy atom.